The van der Waals surface area contributed by atoms with Gasteiger partial charge in [0.25, 0.3) is 0 Å². The summed E-state index contributed by atoms with van der Waals surface area (Å²) in [5, 5.41) is -0.739. The third-order valence-corrected chi connectivity index (χ3v) is 18.7. The molecule has 13 heteroatoms. The summed E-state index contributed by atoms with van der Waals surface area (Å²) in [5.74, 6) is 0. The van der Waals surface area contributed by atoms with E-state index in [0.29, 0.717) is 48.6 Å². The second kappa shape index (κ2) is 41.0. The lowest BCUT2D eigenvalue weighted by Gasteiger charge is -2.18. The van der Waals surface area contributed by atoms with Crippen molar-refractivity contribution >= 4 is 80.4 Å². The number of halogens is 4. The number of hydrogen-bond acceptors (Lipinski definition) is 8. The van der Waals surface area contributed by atoms with E-state index in [-0.39, 0.29) is 31.5 Å². The summed E-state index contributed by atoms with van der Waals surface area (Å²) >= 11 is 4.26. The van der Waals surface area contributed by atoms with Crippen molar-refractivity contribution in [3.8, 4) is 0 Å². The van der Waals surface area contributed by atoms with Crippen molar-refractivity contribution in [2.75, 3.05) is 0 Å². The molecule has 457 valence electrons. The van der Waals surface area contributed by atoms with Crippen LogP contribution in [0.25, 0.3) is 0 Å². The first kappa shape index (κ1) is 69.3. The average molecular weight is 1310 g/mol. The topological polar surface area (TPSA) is 18.5 Å². The molecule has 0 aliphatic heterocycles. The molecule has 2 nitrogen and oxygen atoms in total. The smallest absolute Gasteiger partial charge is 0.344 e. The van der Waals surface area contributed by atoms with Crippen molar-refractivity contribution < 1.29 is 23.7 Å². The molecule has 1 radical (unpaired) electrons. The summed E-state index contributed by atoms with van der Waals surface area (Å²) in [7, 11) is 1.42. The van der Waals surface area contributed by atoms with Crippen LogP contribution in [-0.4, -0.2) is 7.69 Å². The van der Waals surface area contributed by atoms with Crippen LogP contribution in [-0.2, 0) is 8.20 Å². The first-order chi connectivity index (χ1) is 45.1. The summed E-state index contributed by atoms with van der Waals surface area (Å²) < 4.78 is 63.3. The van der Waals surface area contributed by atoms with Crippen LogP contribution in [0.2, 0.25) is 0 Å². The van der Waals surface area contributed by atoms with E-state index in [1.807, 2.05) is 315 Å². The van der Waals surface area contributed by atoms with E-state index in [1.54, 1.807) is 0 Å². The van der Waals surface area contributed by atoms with Crippen LogP contribution in [0.15, 0.2) is 364 Å². The van der Waals surface area contributed by atoms with E-state index < -0.39 is 0 Å². The minimum absolute atomic E-state index is 0.0614. The van der Waals surface area contributed by atoms with Crippen LogP contribution in [0.5, 0.6) is 0 Å². The molecule has 0 spiro atoms. The monoisotopic (exact) mass is 1310 g/mol. The molecule has 12 aromatic carbocycles. The summed E-state index contributed by atoms with van der Waals surface area (Å²) in [4.78, 5) is 0. The fourth-order valence-electron chi connectivity index (χ4n) is 9.49. The van der Waals surface area contributed by atoms with Crippen LogP contribution in [0.4, 0.5) is 15.5 Å². The van der Waals surface area contributed by atoms with Gasteiger partial charge in [-0.1, -0.05) is 364 Å². The third kappa shape index (κ3) is 23.0. The molecular weight excluding hydrogens is 1250 g/mol. The Morgan fingerprint density at radius 1 is 0.176 bits per heavy atom. The molecule has 91 heavy (non-hydrogen) atoms. The number of hydrogen-bond donors (Lipinski definition) is 0. The molecule has 0 fully saturated rings. The van der Waals surface area contributed by atoms with Gasteiger partial charge in [-0.25, -0.2) is 0 Å². The summed E-state index contributed by atoms with van der Waals surface area (Å²) in [6.45, 7) is 0. The Morgan fingerprint density at radius 3 is 0.396 bits per heavy atom. The fourth-order valence-corrected chi connectivity index (χ4v) is 13.1. The van der Waals surface area contributed by atoms with E-state index >= 15 is 0 Å². The van der Waals surface area contributed by atoms with Gasteiger partial charge in [0.2, 0.25) is 0 Å². The Labute approximate surface area is 562 Å². The molecule has 0 amide bonds. The average Bonchev–Trinajstić information content (AvgIpc) is 3.79. The van der Waals surface area contributed by atoms with Gasteiger partial charge in [0.15, 0.2) is 0 Å². The van der Waals surface area contributed by atoms with Crippen LogP contribution in [0.3, 0.4) is 0 Å². The highest BCUT2D eigenvalue weighted by atomic mass is 32.2. The maximum Gasteiger partial charge on any atom is 0.512 e. The lowest BCUT2D eigenvalue weighted by Crippen LogP contribution is -2.03. The lowest BCUT2D eigenvalue weighted by molar-refractivity contribution is 0.542. The molecule has 12 rings (SSSR count). The number of rotatable bonds is 22. The quantitative estimate of drug-likeness (QED) is 0.0286. The Bertz CT molecular complexity index is 3100. The van der Waals surface area contributed by atoms with Crippen LogP contribution in [0.1, 0.15) is 98.3 Å². The van der Waals surface area contributed by atoms with E-state index in [2.05, 4.69) is 48.5 Å². The van der Waals surface area contributed by atoms with E-state index in [1.165, 1.54) is 54.0 Å². The SMILES string of the molecule is FSC(c1ccccc1)c1ccccc1.FSC(c1ccccc1)c1ccccc1.FSC(c1ccccc1)c1ccccc1.FSC(c1ccccc1)c1ccccc1.[B](OSC(c1ccccc1)c1ccccc1)OSC(c1ccccc1)c1ccccc1. The zero-order chi connectivity index (χ0) is 63.2. The van der Waals surface area contributed by atoms with E-state index in [9.17, 15) is 15.5 Å². The Hall–Kier alpha value is -7.56. The van der Waals surface area contributed by atoms with Crippen molar-refractivity contribution in [2.24, 2.45) is 0 Å². The first-order valence-corrected chi connectivity index (χ1v) is 34.0. The maximum absolute atomic E-state index is 12.9. The molecular formula is C78H66BF4O2S6. The molecule has 0 heterocycles. The predicted octanol–water partition coefficient (Wildman–Crippen LogP) is 25.0. The van der Waals surface area contributed by atoms with Crippen LogP contribution < -0.4 is 0 Å². The highest BCUT2D eigenvalue weighted by Crippen LogP contribution is 2.41. The van der Waals surface area contributed by atoms with Crippen molar-refractivity contribution in [1.82, 2.24) is 0 Å². The standard InChI is InChI=1S/C26H22BO2S2.4C13H11FS/c1-5-13-21(14-6-1)25(22-15-7-2-8-16-22)30-28-27-29-31-26(23-17-9-3-10-18-23)24-19-11-4-12-20-24;4*14-15-13(11-7-3-1-4-8-11)12-9-5-2-6-10-12/h1-20,25-26H;4*1-10,13H. The van der Waals surface area contributed by atoms with Gasteiger partial charge in [0.1, 0.15) is 0 Å². The Kier molecular flexibility index (Phi) is 31.3. The molecule has 0 aliphatic carbocycles. The minimum Gasteiger partial charge on any atom is -0.344 e. The van der Waals surface area contributed by atoms with E-state index in [4.69, 9.17) is 8.20 Å². The van der Waals surface area contributed by atoms with Crippen LogP contribution in [0, 0.1) is 0 Å². The largest absolute Gasteiger partial charge is 0.512 e. The highest BCUT2D eigenvalue weighted by Gasteiger charge is 2.21. The summed E-state index contributed by atoms with van der Waals surface area (Å²) in [6, 6.07) is 119. The first-order valence-electron chi connectivity index (χ1n) is 29.2. The normalized spacial score (nSPS) is 10.7. The van der Waals surface area contributed by atoms with Gasteiger partial charge in [-0.2, -0.15) is 15.5 Å². The second-order valence-corrected chi connectivity index (χ2v) is 24.4. The Balaban J connectivity index is 0.000000153. The van der Waals surface area contributed by atoms with Crippen molar-refractivity contribution in [2.45, 2.75) is 31.5 Å². The molecule has 0 saturated heterocycles. The van der Waals surface area contributed by atoms with Gasteiger partial charge < -0.3 is 8.20 Å². The molecule has 0 bridgehead atoms. The maximum atomic E-state index is 12.9. The van der Waals surface area contributed by atoms with Gasteiger partial charge in [-0.05, 0) is 90.8 Å². The van der Waals surface area contributed by atoms with Crippen molar-refractivity contribution in [3.63, 3.8) is 0 Å². The fraction of sp³-hybridized carbons (Fsp3) is 0.0769. The van der Waals surface area contributed by atoms with Gasteiger partial charge >= 0.3 is 7.69 Å². The summed E-state index contributed by atoms with van der Waals surface area (Å²) in [6.07, 6.45) is 0. The van der Waals surface area contributed by atoms with Crippen molar-refractivity contribution in [1.29, 1.82) is 0 Å². The van der Waals surface area contributed by atoms with Gasteiger partial charge in [0, 0.05) is 0 Å². The number of benzene rings is 12. The molecule has 0 N–H and O–H groups in total. The van der Waals surface area contributed by atoms with Crippen molar-refractivity contribution in [3.05, 3.63) is 431 Å². The van der Waals surface area contributed by atoms with Crippen LogP contribution >= 0.6 is 72.7 Å². The highest BCUT2D eigenvalue weighted by molar-refractivity contribution is 7.97. The molecule has 0 unspecified atom stereocenters. The second-order valence-electron chi connectivity index (χ2n) is 20.0. The molecule has 12 aromatic rings. The molecule has 0 aliphatic rings. The van der Waals surface area contributed by atoms with E-state index in [0.717, 1.165) is 44.5 Å². The zero-order valence-corrected chi connectivity index (χ0v) is 54.4. The molecule has 0 atom stereocenters. The Morgan fingerprint density at radius 2 is 0.286 bits per heavy atom. The van der Waals surface area contributed by atoms with Gasteiger partial charge in [-0.15, -0.1) is 0 Å². The zero-order valence-electron chi connectivity index (χ0n) is 49.5. The van der Waals surface area contributed by atoms with Gasteiger partial charge in [0.05, 0.1) is 80.1 Å². The van der Waals surface area contributed by atoms with Gasteiger partial charge in [-0.3, -0.25) is 0 Å². The molecule has 0 saturated carbocycles. The third-order valence-electron chi connectivity index (χ3n) is 14.0. The lowest BCUT2D eigenvalue weighted by atomic mass is 10.0. The predicted molar refractivity (Wildman–Crippen MR) is 386 cm³/mol. The minimum atomic E-state index is -0.215. The summed E-state index contributed by atoms with van der Waals surface area (Å²) in [5.41, 5.74) is 12.7. The molecule has 0 aromatic heterocycles.